The predicted octanol–water partition coefficient (Wildman–Crippen LogP) is 0.181. The van der Waals surface area contributed by atoms with Gasteiger partial charge in [0, 0.05) is 23.5 Å². The van der Waals surface area contributed by atoms with E-state index in [9.17, 15) is 25.5 Å². The van der Waals surface area contributed by atoms with Gasteiger partial charge in [0.1, 0.15) is 5.75 Å². The molecule has 0 bridgehead atoms. The average Bonchev–Trinajstić information content (AvgIpc) is 2.88. The zero-order valence-corrected chi connectivity index (χ0v) is 12.2. The summed E-state index contributed by atoms with van der Waals surface area (Å²) < 4.78 is 0. The Morgan fingerprint density at radius 1 is 1.18 bits per heavy atom. The summed E-state index contributed by atoms with van der Waals surface area (Å²) in [5.74, 6) is -4.94. The molecule has 1 aliphatic rings. The molecule has 0 radical (unpaired) electrons. The lowest BCUT2D eigenvalue weighted by atomic mass is 9.72. The van der Waals surface area contributed by atoms with Crippen molar-refractivity contribution in [2.24, 2.45) is 0 Å². The third-order valence-corrected chi connectivity index (χ3v) is 4.47. The Labute approximate surface area is 126 Å². The van der Waals surface area contributed by atoms with Crippen LogP contribution in [0.5, 0.6) is 5.75 Å². The summed E-state index contributed by atoms with van der Waals surface area (Å²) in [5.41, 5.74) is -0.304. The summed E-state index contributed by atoms with van der Waals surface area (Å²) in [6.07, 6.45) is 2.13. The summed E-state index contributed by atoms with van der Waals surface area (Å²) in [7, 11) is 0. The summed E-state index contributed by atoms with van der Waals surface area (Å²) >= 11 is 0. The number of aromatic nitrogens is 1. The van der Waals surface area contributed by atoms with E-state index < -0.39 is 17.2 Å². The minimum absolute atomic E-state index is 0.00610. The number of H-pyrrole nitrogens is 1. The lowest BCUT2D eigenvalue weighted by molar-refractivity contribution is -0.253. The lowest BCUT2D eigenvalue weighted by Gasteiger charge is -2.37. The van der Waals surface area contributed by atoms with Crippen LogP contribution in [-0.4, -0.2) is 42.3 Å². The lowest BCUT2D eigenvalue weighted by Crippen LogP contribution is -2.57. The van der Waals surface area contributed by atoms with Crippen LogP contribution < -0.4 is 5.32 Å². The van der Waals surface area contributed by atoms with Crippen LogP contribution in [0.1, 0.15) is 31.7 Å². The van der Waals surface area contributed by atoms with E-state index in [-0.39, 0.29) is 18.6 Å². The highest BCUT2D eigenvalue weighted by Gasteiger charge is 2.63. The summed E-state index contributed by atoms with van der Waals surface area (Å²) in [5, 5.41) is 53.3. The Kier molecular flexibility index (Phi) is 3.24. The molecule has 7 N–H and O–H groups in total. The van der Waals surface area contributed by atoms with Gasteiger partial charge in [0.15, 0.2) is 0 Å². The Bertz CT molecular complexity index is 709. The number of fused-ring (bicyclic) bond motifs is 1. The first kappa shape index (κ1) is 15.3. The molecule has 1 aromatic heterocycles. The van der Waals surface area contributed by atoms with Gasteiger partial charge in [0.25, 0.3) is 0 Å². The van der Waals surface area contributed by atoms with Gasteiger partial charge in [0.05, 0.1) is 5.41 Å². The van der Waals surface area contributed by atoms with E-state index in [1.807, 2.05) is 12.2 Å². The second kappa shape index (κ2) is 4.68. The molecule has 7 heteroatoms. The molecule has 1 fully saturated rings. The maximum Gasteiger partial charge on any atom is 0.236 e. The van der Waals surface area contributed by atoms with Crippen LogP contribution in [0.15, 0.2) is 24.4 Å². The van der Waals surface area contributed by atoms with Crippen LogP contribution in [-0.2, 0) is 5.41 Å². The van der Waals surface area contributed by atoms with E-state index >= 15 is 0 Å². The fraction of sp³-hybridized carbons (Fsp3) is 0.467. The van der Waals surface area contributed by atoms with Crippen molar-refractivity contribution in [2.75, 3.05) is 0 Å². The van der Waals surface area contributed by atoms with E-state index in [1.54, 1.807) is 18.3 Å². The van der Waals surface area contributed by atoms with E-state index in [0.717, 1.165) is 0 Å². The minimum atomic E-state index is -2.52. The van der Waals surface area contributed by atoms with Gasteiger partial charge in [-0.05, 0) is 24.1 Å². The van der Waals surface area contributed by atoms with Crippen LogP contribution in [0, 0.1) is 0 Å². The highest BCUT2D eigenvalue weighted by atomic mass is 16.6. The van der Waals surface area contributed by atoms with Gasteiger partial charge in [-0.2, -0.15) is 0 Å². The van der Waals surface area contributed by atoms with Crippen molar-refractivity contribution in [3.63, 3.8) is 0 Å². The molecule has 1 aromatic carbocycles. The average molecular weight is 308 g/mol. The molecule has 3 rings (SSSR count). The molecule has 0 amide bonds. The highest BCUT2D eigenvalue weighted by Crippen LogP contribution is 2.51. The summed E-state index contributed by atoms with van der Waals surface area (Å²) in [4.78, 5) is 2.98. The Morgan fingerprint density at radius 2 is 1.91 bits per heavy atom. The number of hydrogen-bond acceptors (Lipinski definition) is 6. The molecule has 0 spiro atoms. The fourth-order valence-electron chi connectivity index (χ4n) is 3.64. The monoisotopic (exact) mass is 308 g/mol. The van der Waals surface area contributed by atoms with Gasteiger partial charge in [-0.15, -0.1) is 0 Å². The number of rotatable bonds is 3. The number of hydrogen-bond donors (Lipinski definition) is 7. The summed E-state index contributed by atoms with van der Waals surface area (Å²) in [6.45, 7) is 1.86. The van der Waals surface area contributed by atoms with Crippen molar-refractivity contribution < 1.29 is 25.5 Å². The van der Waals surface area contributed by atoms with E-state index in [4.69, 9.17) is 0 Å². The largest absolute Gasteiger partial charge is 0.507 e. The maximum absolute atomic E-state index is 10.4. The molecule has 1 aliphatic heterocycles. The summed E-state index contributed by atoms with van der Waals surface area (Å²) in [6, 6.07) is 4.93. The second-order valence-corrected chi connectivity index (χ2v) is 6.02. The number of aromatic hydroxyl groups is 1. The van der Waals surface area contributed by atoms with Gasteiger partial charge < -0.3 is 30.5 Å². The Balaban J connectivity index is 2.28. The molecule has 22 heavy (non-hydrogen) atoms. The van der Waals surface area contributed by atoms with Gasteiger partial charge in [-0.3, -0.25) is 0 Å². The van der Waals surface area contributed by atoms with Crippen molar-refractivity contribution in [3.8, 4) is 5.75 Å². The molecular formula is C15H20N2O5. The van der Waals surface area contributed by atoms with Crippen molar-refractivity contribution in [1.82, 2.24) is 10.3 Å². The normalized spacial score (nSPS) is 26.6. The smallest absolute Gasteiger partial charge is 0.236 e. The fourth-order valence-corrected chi connectivity index (χ4v) is 3.64. The molecule has 1 unspecified atom stereocenters. The molecule has 7 nitrogen and oxygen atoms in total. The minimum Gasteiger partial charge on any atom is -0.507 e. The molecule has 120 valence electrons. The number of nitrogens with one attached hydrogen (secondary N) is 2. The zero-order valence-electron chi connectivity index (χ0n) is 12.2. The van der Waals surface area contributed by atoms with Gasteiger partial charge in [0.2, 0.25) is 11.8 Å². The van der Waals surface area contributed by atoms with E-state index in [0.29, 0.717) is 22.9 Å². The second-order valence-electron chi connectivity index (χ2n) is 6.02. The molecule has 2 aromatic rings. The van der Waals surface area contributed by atoms with Crippen molar-refractivity contribution >= 4 is 10.9 Å². The van der Waals surface area contributed by atoms with Gasteiger partial charge in [-0.25, -0.2) is 5.32 Å². The maximum atomic E-state index is 10.4. The van der Waals surface area contributed by atoms with Crippen LogP contribution in [0.4, 0.5) is 0 Å². The van der Waals surface area contributed by atoms with Crippen LogP contribution >= 0.6 is 0 Å². The van der Waals surface area contributed by atoms with Crippen molar-refractivity contribution in [2.45, 2.75) is 43.4 Å². The van der Waals surface area contributed by atoms with Crippen LogP contribution in [0.3, 0.4) is 0 Å². The first-order chi connectivity index (χ1) is 10.2. The molecule has 0 aliphatic carbocycles. The van der Waals surface area contributed by atoms with Crippen molar-refractivity contribution in [1.29, 1.82) is 0 Å². The highest BCUT2D eigenvalue weighted by molar-refractivity contribution is 5.90. The Hall–Kier alpha value is -1.64. The van der Waals surface area contributed by atoms with Gasteiger partial charge >= 0.3 is 0 Å². The van der Waals surface area contributed by atoms with Crippen LogP contribution in [0.25, 0.3) is 10.9 Å². The third-order valence-electron chi connectivity index (χ3n) is 4.47. The molecule has 1 saturated heterocycles. The standard InChI is InChI=1S/C15H20N2O5/c1-2-6-13(8-14(19,20)17-15(13,21)22)9-7-16-10-4-3-5-11(18)12(9)10/h3-5,7,16-22H,2,6,8H2,1H3. The first-order valence-electron chi connectivity index (χ1n) is 7.21. The quantitative estimate of drug-likeness (QED) is 0.405. The van der Waals surface area contributed by atoms with E-state index in [1.165, 1.54) is 6.07 Å². The van der Waals surface area contributed by atoms with Crippen LogP contribution in [0.2, 0.25) is 0 Å². The Morgan fingerprint density at radius 3 is 2.50 bits per heavy atom. The number of aliphatic hydroxyl groups is 4. The number of benzene rings is 1. The van der Waals surface area contributed by atoms with E-state index in [2.05, 4.69) is 4.98 Å². The number of phenolic OH excluding ortho intramolecular Hbond substituents is 1. The number of aromatic amines is 1. The molecule has 0 saturated carbocycles. The molecular weight excluding hydrogens is 288 g/mol. The van der Waals surface area contributed by atoms with Gasteiger partial charge in [-0.1, -0.05) is 19.4 Å². The first-order valence-corrected chi connectivity index (χ1v) is 7.21. The predicted molar refractivity (Wildman–Crippen MR) is 78.6 cm³/mol. The SMILES string of the molecule is CCCC1(c2c[nH]c3cccc(O)c23)CC(O)(O)NC1(O)O. The van der Waals surface area contributed by atoms with Crippen molar-refractivity contribution in [3.05, 3.63) is 30.0 Å². The number of phenols is 1. The zero-order chi connectivity index (χ0) is 16.2. The topological polar surface area (TPSA) is 129 Å². The molecule has 2 heterocycles. The molecule has 1 atom stereocenters. The third kappa shape index (κ3) is 2.02.